The fraction of sp³-hybridized carbons (Fsp3) is 0.286. The maximum absolute atomic E-state index is 12.3. The van der Waals surface area contributed by atoms with Crippen LogP contribution in [0.2, 0.25) is 5.02 Å². The fourth-order valence-corrected chi connectivity index (χ4v) is 3.71. The van der Waals surface area contributed by atoms with E-state index < -0.39 is 0 Å². The van der Waals surface area contributed by atoms with Crippen LogP contribution in [-0.4, -0.2) is 39.9 Å². The fourth-order valence-electron chi connectivity index (χ4n) is 3.54. The molecule has 0 atom stereocenters. The average Bonchev–Trinajstić information content (AvgIpc) is 2.71. The number of carbonyl (C=O) groups excluding carboxylic acids is 1. The van der Waals surface area contributed by atoms with Crippen LogP contribution in [0.3, 0.4) is 0 Å². The number of aromatic nitrogens is 2. The summed E-state index contributed by atoms with van der Waals surface area (Å²) >= 11 is 5.96. The highest BCUT2D eigenvalue weighted by Crippen LogP contribution is 2.16. The molecule has 0 radical (unpaired) electrons. The number of fused-ring (bicyclic) bond motifs is 1. The lowest BCUT2D eigenvalue weighted by Gasteiger charge is -2.32. The van der Waals surface area contributed by atoms with E-state index in [1.165, 1.54) is 0 Å². The second kappa shape index (κ2) is 8.12. The summed E-state index contributed by atoms with van der Waals surface area (Å²) in [5.74, 6) is 0.616. The number of hydrogen-bond acceptors (Lipinski definition) is 4. The highest BCUT2D eigenvalue weighted by molar-refractivity contribution is 6.31. The van der Waals surface area contributed by atoms with Gasteiger partial charge in [0.1, 0.15) is 5.82 Å². The van der Waals surface area contributed by atoms with E-state index in [2.05, 4.69) is 20.2 Å². The molecule has 1 aliphatic heterocycles. The van der Waals surface area contributed by atoms with Crippen molar-refractivity contribution in [3.05, 3.63) is 75.3 Å². The topological polar surface area (TPSA) is 78.1 Å². The van der Waals surface area contributed by atoms with Crippen LogP contribution in [0.5, 0.6) is 0 Å². The summed E-state index contributed by atoms with van der Waals surface area (Å²) < 4.78 is 0. The molecule has 6 nitrogen and oxygen atoms in total. The molecular formula is C21H21ClN4O2. The number of nitrogens with zero attached hydrogens (tertiary/aromatic N) is 2. The van der Waals surface area contributed by atoms with Crippen molar-refractivity contribution in [2.75, 3.05) is 13.1 Å². The van der Waals surface area contributed by atoms with Crippen LogP contribution in [0.4, 0.5) is 0 Å². The van der Waals surface area contributed by atoms with Crippen LogP contribution in [0.15, 0.2) is 53.3 Å². The van der Waals surface area contributed by atoms with Crippen molar-refractivity contribution < 1.29 is 4.79 Å². The van der Waals surface area contributed by atoms with E-state index >= 15 is 0 Å². The lowest BCUT2D eigenvalue weighted by Crippen LogP contribution is -2.44. The minimum atomic E-state index is -0.174. The molecule has 144 valence electrons. The Morgan fingerprint density at radius 2 is 1.93 bits per heavy atom. The molecule has 0 aliphatic carbocycles. The number of rotatable bonds is 4. The van der Waals surface area contributed by atoms with Gasteiger partial charge in [-0.05, 0) is 43.2 Å². The van der Waals surface area contributed by atoms with Crippen molar-refractivity contribution in [2.45, 2.75) is 25.4 Å². The Labute approximate surface area is 167 Å². The van der Waals surface area contributed by atoms with Gasteiger partial charge < -0.3 is 10.3 Å². The van der Waals surface area contributed by atoms with E-state index in [-0.39, 0.29) is 17.5 Å². The number of hydrogen-bond donors (Lipinski definition) is 2. The first-order chi connectivity index (χ1) is 13.6. The molecule has 0 saturated carbocycles. The van der Waals surface area contributed by atoms with Crippen molar-refractivity contribution in [1.29, 1.82) is 0 Å². The molecule has 2 heterocycles. The Morgan fingerprint density at radius 3 is 2.68 bits per heavy atom. The molecule has 7 heteroatoms. The van der Waals surface area contributed by atoms with E-state index in [1.54, 1.807) is 18.2 Å². The number of benzene rings is 2. The van der Waals surface area contributed by atoms with Crippen LogP contribution in [0, 0.1) is 0 Å². The van der Waals surface area contributed by atoms with Crippen LogP contribution < -0.4 is 10.9 Å². The van der Waals surface area contributed by atoms with Gasteiger partial charge in [-0.25, -0.2) is 4.98 Å². The van der Waals surface area contributed by atoms with Crippen LogP contribution in [0.25, 0.3) is 10.9 Å². The molecule has 1 amide bonds. The third-order valence-corrected chi connectivity index (χ3v) is 5.28. The normalized spacial score (nSPS) is 15.6. The van der Waals surface area contributed by atoms with Gasteiger partial charge in [0.05, 0.1) is 17.4 Å². The second-order valence-electron chi connectivity index (χ2n) is 7.06. The highest BCUT2D eigenvalue weighted by atomic mass is 35.5. The van der Waals surface area contributed by atoms with Gasteiger partial charge in [0.2, 0.25) is 0 Å². The average molecular weight is 397 g/mol. The molecule has 1 aromatic heterocycles. The van der Waals surface area contributed by atoms with Crippen molar-refractivity contribution in [1.82, 2.24) is 20.2 Å². The Balaban J connectivity index is 1.36. The summed E-state index contributed by atoms with van der Waals surface area (Å²) in [7, 11) is 0. The molecule has 0 bridgehead atoms. The molecule has 2 N–H and O–H groups in total. The number of likely N-dealkylation sites (tertiary alicyclic amines) is 1. The monoisotopic (exact) mass is 396 g/mol. The maximum Gasteiger partial charge on any atom is 0.258 e. The Hall–Kier alpha value is -2.70. The molecule has 1 saturated heterocycles. The van der Waals surface area contributed by atoms with Gasteiger partial charge in [0.15, 0.2) is 0 Å². The maximum atomic E-state index is 12.3. The van der Waals surface area contributed by atoms with Crippen molar-refractivity contribution in [2.24, 2.45) is 0 Å². The van der Waals surface area contributed by atoms with E-state index in [9.17, 15) is 9.59 Å². The standard InChI is InChI=1S/C21H21ClN4O2/c22-15-6-7-18-17(12-15)21(28)25-19(24-18)13-26-10-8-16(9-11-26)23-20(27)14-4-2-1-3-5-14/h1-7,12,16H,8-11,13H2,(H,23,27)(H,24,25,28). The Morgan fingerprint density at radius 1 is 1.18 bits per heavy atom. The molecular weight excluding hydrogens is 376 g/mol. The highest BCUT2D eigenvalue weighted by Gasteiger charge is 2.21. The van der Waals surface area contributed by atoms with Gasteiger partial charge in [0, 0.05) is 29.7 Å². The summed E-state index contributed by atoms with van der Waals surface area (Å²) in [6.07, 6.45) is 1.73. The summed E-state index contributed by atoms with van der Waals surface area (Å²) in [4.78, 5) is 34.2. The third-order valence-electron chi connectivity index (χ3n) is 5.05. The van der Waals surface area contributed by atoms with Gasteiger partial charge in [-0.1, -0.05) is 29.8 Å². The molecule has 1 fully saturated rings. The van der Waals surface area contributed by atoms with Gasteiger partial charge in [0.25, 0.3) is 11.5 Å². The molecule has 2 aromatic carbocycles. The number of halogens is 1. The van der Waals surface area contributed by atoms with Crippen molar-refractivity contribution >= 4 is 28.4 Å². The van der Waals surface area contributed by atoms with E-state index in [0.717, 1.165) is 25.9 Å². The van der Waals surface area contributed by atoms with Gasteiger partial charge in [-0.3, -0.25) is 14.5 Å². The number of carbonyl (C=O) groups is 1. The Kier molecular flexibility index (Phi) is 5.41. The summed E-state index contributed by atoms with van der Waals surface area (Å²) in [6.45, 7) is 2.25. The number of nitrogens with one attached hydrogen (secondary N) is 2. The predicted molar refractivity (Wildman–Crippen MR) is 110 cm³/mol. The molecule has 0 unspecified atom stereocenters. The van der Waals surface area contributed by atoms with Crippen molar-refractivity contribution in [3.63, 3.8) is 0 Å². The predicted octanol–water partition coefficient (Wildman–Crippen LogP) is 2.97. The number of piperidine rings is 1. The van der Waals surface area contributed by atoms with Crippen LogP contribution in [-0.2, 0) is 6.54 Å². The number of H-pyrrole nitrogens is 1. The first kappa shape index (κ1) is 18.7. The Bertz CT molecular complexity index is 1040. The first-order valence-electron chi connectivity index (χ1n) is 9.35. The van der Waals surface area contributed by atoms with Gasteiger partial charge in [-0.2, -0.15) is 0 Å². The second-order valence-corrected chi connectivity index (χ2v) is 7.50. The van der Waals surface area contributed by atoms with E-state index in [1.807, 2.05) is 30.3 Å². The zero-order chi connectivity index (χ0) is 19.5. The lowest BCUT2D eigenvalue weighted by atomic mass is 10.0. The molecule has 3 aromatic rings. The van der Waals surface area contributed by atoms with Gasteiger partial charge in [-0.15, -0.1) is 0 Å². The molecule has 28 heavy (non-hydrogen) atoms. The quantitative estimate of drug-likeness (QED) is 0.710. The smallest absolute Gasteiger partial charge is 0.258 e. The molecule has 1 aliphatic rings. The van der Waals surface area contributed by atoms with Crippen LogP contribution >= 0.6 is 11.6 Å². The number of amides is 1. The van der Waals surface area contributed by atoms with E-state index in [0.29, 0.717) is 33.9 Å². The first-order valence-corrected chi connectivity index (χ1v) is 9.73. The number of aromatic amines is 1. The molecule has 4 rings (SSSR count). The van der Waals surface area contributed by atoms with Crippen molar-refractivity contribution in [3.8, 4) is 0 Å². The molecule has 0 spiro atoms. The summed E-state index contributed by atoms with van der Waals surface area (Å²) in [5, 5.41) is 4.13. The van der Waals surface area contributed by atoms with Crippen LogP contribution in [0.1, 0.15) is 29.0 Å². The van der Waals surface area contributed by atoms with E-state index in [4.69, 9.17) is 11.6 Å². The summed E-state index contributed by atoms with van der Waals surface area (Å²) in [6, 6.07) is 14.6. The lowest BCUT2D eigenvalue weighted by molar-refractivity contribution is 0.0908. The summed E-state index contributed by atoms with van der Waals surface area (Å²) in [5.41, 5.74) is 1.16. The van der Waals surface area contributed by atoms with Gasteiger partial charge >= 0.3 is 0 Å². The SMILES string of the molecule is O=C(NC1CCN(Cc2nc3ccc(Cl)cc3c(=O)[nH]2)CC1)c1ccccc1. The minimum Gasteiger partial charge on any atom is -0.349 e. The third kappa shape index (κ3) is 4.24. The zero-order valence-corrected chi connectivity index (χ0v) is 16.1. The zero-order valence-electron chi connectivity index (χ0n) is 15.3. The minimum absolute atomic E-state index is 0.0294. The largest absolute Gasteiger partial charge is 0.349 e.